The van der Waals surface area contributed by atoms with Gasteiger partial charge in [-0.15, -0.1) is 11.3 Å². The summed E-state index contributed by atoms with van der Waals surface area (Å²) in [6.45, 7) is 2.58. The van der Waals surface area contributed by atoms with Crippen molar-refractivity contribution in [1.29, 1.82) is 0 Å². The molecule has 4 rings (SSSR count). The maximum atomic E-state index is 13.0. The molecule has 1 aliphatic heterocycles. The predicted octanol–water partition coefficient (Wildman–Crippen LogP) is 3.80. The Balaban J connectivity index is 1.45. The predicted molar refractivity (Wildman–Crippen MR) is 134 cm³/mol. The number of hydrogen-bond acceptors (Lipinski definition) is 6. The zero-order chi connectivity index (χ0) is 24.0. The molecular formula is C25H29N3O4S2. The van der Waals surface area contributed by atoms with E-state index in [0.29, 0.717) is 12.1 Å². The number of rotatable bonds is 10. The van der Waals surface area contributed by atoms with Gasteiger partial charge in [0.25, 0.3) is 5.91 Å². The van der Waals surface area contributed by atoms with Crippen LogP contribution in [0.4, 0.5) is 0 Å². The summed E-state index contributed by atoms with van der Waals surface area (Å²) in [7, 11) is -2.09. The van der Waals surface area contributed by atoms with Crippen molar-refractivity contribution in [1.82, 2.24) is 14.9 Å². The van der Waals surface area contributed by atoms with E-state index < -0.39 is 10.0 Å². The number of ether oxygens (including phenoxy) is 1. The molecule has 1 aromatic heterocycles. The maximum absolute atomic E-state index is 13.0. The van der Waals surface area contributed by atoms with E-state index in [9.17, 15) is 13.2 Å². The first-order chi connectivity index (χ1) is 16.5. The molecule has 2 heterocycles. The molecule has 1 fully saturated rings. The highest BCUT2D eigenvalue weighted by Gasteiger charge is 2.25. The second-order valence-corrected chi connectivity index (χ2v) is 11.0. The Bertz CT molecular complexity index is 1210. The average Bonchev–Trinajstić information content (AvgIpc) is 3.58. The van der Waals surface area contributed by atoms with E-state index in [-0.39, 0.29) is 23.4 Å². The molecule has 0 aliphatic carbocycles. The van der Waals surface area contributed by atoms with Gasteiger partial charge in [-0.25, -0.2) is 13.1 Å². The molecule has 3 aromatic rings. The molecule has 1 amide bonds. The minimum atomic E-state index is -3.73. The summed E-state index contributed by atoms with van der Waals surface area (Å²) in [5.74, 6) is 0.475. The zero-order valence-corrected chi connectivity index (χ0v) is 20.7. The van der Waals surface area contributed by atoms with Gasteiger partial charge < -0.3 is 10.1 Å². The molecule has 2 aromatic carbocycles. The maximum Gasteiger partial charge on any atom is 0.251 e. The normalized spacial score (nSPS) is 15.2. The van der Waals surface area contributed by atoms with Gasteiger partial charge in [0.15, 0.2) is 0 Å². The summed E-state index contributed by atoms with van der Waals surface area (Å²) in [4.78, 5) is 16.3. The van der Waals surface area contributed by atoms with Crippen LogP contribution in [0.5, 0.6) is 5.75 Å². The number of sulfonamides is 1. The van der Waals surface area contributed by atoms with E-state index >= 15 is 0 Å². The smallest absolute Gasteiger partial charge is 0.251 e. The van der Waals surface area contributed by atoms with E-state index in [2.05, 4.69) is 14.9 Å². The Kier molecular flexibility index (Phi) is 7.99. The third-order valence-corrected chi connectivity index (χ3v) is 8.21. The minimum absolute atomic E-state index is 0.0147. The van der Waals surface area contributed by atoms with Crippen LogP contribution in [0.3, 0.4) is 0 Å². The zero-order valence-electron chi connectivity index (χ0n) is 19.1. The fourth-order valence-electron chi connectivity index (χ4n) is 4.12. The minimum Gasteiger partial charge on any atom is -0.497 e. The second kappa shape index (κ2) is 11.1. The molecule has 9 heteroatoms. The highest BCUT2D eigenvalue weighted by atomic mass is 32.2. The third-order valence-electron chi connectivity index (χ3n) is 5.94. The Morgan fingerprint density at radius 2 is 1.88 bits per heavy atom. The number of methoxy groups -OCH3 is 1. The molecule has 0 saturated carbocycles. The number of hydrogen-bond donors (Lipinski definition) is 2. The fraction of sp³-hybridized carbons (Fsp3) is 0.320. The average molecular weight is 500 g/mol. The molecule has 2 N–H and O–H groups in total. The van der Waals surface area contributed by atoms with Crippen LogP contribution in [0.2, 0.25) is 0 Å². The molecule has 1 unspecified atom stereocenters. The lowest BCUT2D eigenvalue weighted by Crippen LogP contribution is -2.36. The van der Waals surface area contributed by atoms with Gasteiger partial charge in [0.1, 0.15) is 5.75 Å². The lowest BCUT2D eigenvalue weighted by Gasteiger charge is -2.28. The van der Waals surface area contributed by atoms with Crippen LogP contribution in [0, 0.1) is 0 Å². The Morgan fingerprint density at radius 3 is 2.62 bits per heavy atom. The lowest BCUT2D eigenvalue weighted by atomic mass is 10.0. The molecule has 180 valence electrons. The van der Waals surface area contributed by atoms with E-state index in [4.69, 9.17) is 4.74 Å². The molecule has 0 spiro atoms. The number of benzene rings is 2. The Labute approximate surface area is 204 Å². The van der Waals surface area contributed by atoms with Crippen molar-refractivity contribution in [2.45, 2.75) is 30.3 Å². The SMILES string of the molecule is COc1cccc(C(CNC(=O)c2cccc(S(=O)(=O)NCc3cccs3)c2)N2CCCC2)c1. The molecule has 1 saturated heterocycles. The number of carbonyl (C=O) groups excluding carboxylic acids is 1. The van der Waals surface area contributed by atoms with Gasteiger partial charge in [-0.05, 0) is 73.3 Å². The number of amides is 1. The monoisotopic (exact) mass is 499 g/mol. The van der Waals surface area contributed by atoms with Gasteiger partial charge in [0.2, 0.25) is 10.0 Å². The van der Waals surface area contributed by atoms with Crippen molar-refractivity contribution in [3.8, 4) is 5.75 Å². The standard InChI is InChI=1S/C25H29N3O4S2/c1-32-21-9-4-7-19(15-21)24(28-12-2-3-13-28)18-26-25(29)20-8-5-11-23(16-20)34(30,31)27-17-22-10-6-14-33-22/h4-11,14-16,24,27H,2-3,12-13,17-18H2,1H3,(H,26,29). The van der Waals surface area contributed by atoms with Crippen molar-refractivity contribution in [3.63, 3.8) is 0 Å². The molecule has 1 aliphatic rings. The number of carbonyl (C=O) groups is 1. The van der Waals surface area contributed by atoms with Crippen LogP contribution >= 0.6 is 11.3 Å². The summed E-state index contributed by atoms with van der Waals surface area (Å²) in [5.41, 5.74) is 1.39. The van der Waals surface area contributed by atoms with Crippen LogP contribution in [0.15, 0.2) is 70.9 Å². The largest absolute Gasteiger partial charge is 0.497 e. The number of thiophene rings is 1. The van der Waals surface area contributed by atoms with E-state index in [1.165, 1.54) is 23.5 Å². The highest BCUT2D eigenvalue weighted by Crippen LogP contribution is 2.27. The van der Waals surface area contributed by atoms with Crippen LogP contribution < -0.4 is 14.8 Å². The summed E-state index contributed by atoms with van der Waals surface area (Å²) in [6.07, 6.45) is 2.26. The summed E-state index contributed by atoms with van der Waals surface area (Å²) < 4.78 is 33.4. The number of nitrogens with one attached hydrogen (secondary N) is 2. The van der Waals surface area contributed by atoms with Crippen LogP contribution in [0.1, 0.15) is 39.7 Å². The van der Waals surface area contributed by atoms with Crippen LogP contribution in [-0.2, 0) is 16.6 Å². The second-order valence-electron chi connectivity index (χ2n) is 8.18. The summed E-state index contributed by atoms with van der Waals surface area (Å²) in [6, 6.07) is 17.8. The first kappa shape index (κ1) is 24.4. The molecule has 7 nitrogen and oxygen atoms in total. The summed E-state index contributed by atoms with van der Waals surface area (Å²) >= 11 is 1.48. The number of likely N-dealkylation sites (tertiary alicyclic amines) is 1. The first-order valence-electron chi connectivity index (χ1n) is 11.2. The molecule has 0 radical (unpaired) electrons. The molecule has 0 bridgehead atoms. The molecular weight excluding hydrogens is 470 g/mol. The van der Waals surface area contributed by atoms with Gasteiger partial charge in [0.05, 0.1) is 18.0 Å². The lowest BCUT2D eigenvalue weighted by molar-refractivity contribution is 0.0937. The van der Waals surface area contributed by atoms with Gasteiger partial charge in [0, 0.05) is 23.5 Å². The quantitative estimate of drug-likeness (QED) is 0.443. The molecule has 1 atom stereocenters. The van der Waals surface area contributed by atoms with Crippen molar-refractivity contribution in [2.75, 3.05) is 26.7 Å². The van der Waals surface area contributed by atoms with Gasteiger partial charge in [-0.2, -0.15) is 0 Å². The summed E-state index contributed by atoms with van der Waals surface area (Å²) in [5, 5.41) is 4.91. The van der Waals surface area contributed by atoms with Crippen molar-refractivity contribution in [2.24, 2.45) is 0 Å². The Morgan fingerprint density at radius 1 is 1.09 bits per heavy atom. The van der Waals surface area contributed by atoms with Crippen molar-refractivity contribution < 1.29 is 17.9 Å². The first-order valence-corrected chi connectivity index (χ1v) is 13.6. The van der Waals surface area contributed by atoms with E-state index in [1.54, 1.807) is 19.2 Å². The fourth-order valence-corrected chi connectivity index (χ4v) is 5.91. The highest BCUT2D eigenvalue weighted by molar-refractivity contribution is 7.89. The Hall–Kier alpha value is -2.72. The van der Waals surface area contributed by atoms with Crippen molar-refractivity contribution in [3.05, 3.63) is 82.0 Å². The van der Waals surface area contributed by atoms with Gasteiger partial charge >= 0.3 is 0 Å². The van der Waals surface area contributed by atoms with E-state index in [1.807, 2.05) is 41.8 Å². The third kappa shape index (κ3) is 6.04. The van der Waals surface area contributed by atoms with Gasteiger partial charge in [-0.1, -0.05) is 24.3 Å². The topological polar surface area (TPSA) is 87.7 Å². The number of nitrogens with zero attached hydrogens (tertiary/aromatic N) is 1. The van der Waals surface area contributed by atoms with E-state index in [0.717, 1.165) is 42.1 Å². The van der Waals surface area contributed by atoms with Crippen molar-refractivity contribution >= 4 is 27.3 Å². The van der Waals surface area contributed by atoms with Crippen LogP contribution in [0.25, 0.3) is 0 Å². The van der Waals surface area contributed by atoms with Crippen LogP contribution in [-0.4, -0.2) is 46.0 Å². The van der Waals surface area contributed by atoms with Gasteiger partial charge in [-0.3, -0.25) is 9.69 Å². The molecule has 34 heavy (non-hydrogen) atoms.